The third-order valence-electron chi connectivity index (χ3n) is 10.2. The number of thiophene rings is 1. The van der Waals surface area contributed by atoms with Gasteiger partial charge in [0.1, 0.15) is 0 Å². The Balaban J connectivity index is 1.37. The van der Waals surface area contributed by atoms with Crippen LogP contribution in [0.5, 0.6) is 0 Å². The Hall–Kier alpha value is -5.91. The van der Waals surface area contributed by atoms with Crippen molar-refractivity contribution in [3.05, 3.63) is 145 Å². The van der Waals surface area contributed by atoms with Crippen molar-refractivity contribution in [2.75, 3.05) is 0 Å². The highest BCUT2D eigenvalue weighted by molar-refractivity contribution is 7.27. The van der Waals surface area contributed by atoms with E-state index < -0.39 is 0 Å². The number of nitrogens with zero attached hydrogens (tertiary/aromatic N) is 4. The lowest BCUT2D eigenvalue weighted by Gasteiger charge is -2.13. The van der Waals surface area contributed by atoms with Gasteiger partial charge >= 0.3 is 0 Å². The number of fused-ring (bicyclic) bond motifs is 12. The summed E-state index contributed by atoms with van der Waals surface area (Å²) in [4.78, 5) is 15.6. The molecule has 5 heteroatoms. The first-order chi connectivity index (χ1) is 24.3. The van der Waals surface area contributed by atoms with Crippen LogP contribution in [0.15, 0.2) is 140 Å². The molecule has 0 unspecified atom stereocenters. The molecule has 0 atom stereocenters. The molecule has 7 aromatic carbocycles. The number of hydrogen-bond donors (Lipinski definition) is 0. The van der Waals surface area contributed by atoms with Crippen LogP contribution in [0.3, 0.4) is 0 Å². The molecular weight excluding hydrogens is 617 g/mol. The van der Waals surface area contributed by atoms with Crippen LogP contribution in [0.4, 0.5) is 0 Å². The second-order valence-electron chi connectivity index (χ2n) is 13.1. The minimum Gasteiger partial charge on any atom is -0.277 e. The molecule has 230 valence electrons. The van der Waals surface area contributed by atoms with Gasteiger partial charge in [-0.15, -0.1) is 11.3 Å². The van der Waals surface area contributed by atoms with Crippen LogP contribution < -0.4 is 0 Å². The Morgan fingerprint density at radius 1 is 0.531 bits per heavy atom. The van der Waals surface area contributed by atoms with Crippen LogP contribution in [0, 0.1) is 0 Å². The van der Waals surface area contributed by atoms with Crippen LogP contribution >= 0.6 is 11.3 Å². The summed E-state index contributed by atoms with van der Waals surface area (Å²) in [5.41, 5.74) is 5.60. The average molecular weight is 645 g/mol. The van der Waals surface area contributed by atoms with Gasteiger partial charge in [0.2, 0.25) is 5.95 Å². The maximum absolute atomic E-state index is 5.28. The van der Waals surface area contributed by atoms with Gasteiger partial charge in [-0.1, -0.05) is 121 Å². The first kappa shape index (κ1) is 27.1. The second-order valence-corrected chi connectivity index (χ2v) is 14.2. The van der Waals surface area contributed by atoms with E-state index in [0.717, 1.165) is 22.2 Å². The molecule has 10 aromatic rings. The molecule has 0 saturated heterocycles. The molecule has 1 aliphatic rings. The van der Waals surface area contributed by atoms with E-state index >= 15 is 0 Å². The Morgan fingerprint density at radius 2 is 1.20 bits per heavy atom. The quantitative estimate of drug-likeness (QED) is 0.179. The van der Waals surface area contributed by atoms with Crippen LogP contribution in [0.1, 0.15) is 24.3 Å². The summed E-state index contributed by atoms with van der Waals surface area (Å²) in [5.74, 6) is 2.58. The lowest BCUT2D eigenvalue weighted by atomic mass is 9.94. The molecule has 0 aliphatic heterocycles. The standard InChI is InChI=1S/C44H28N4S/c1-3-12-28(13-4-1)42-45-43(29-14-5-2-6-15-29)47-44(46-42)48-35-24-22-30(26-19-20-26)25-34(35)39-40(48)33-23-21-27-11-7-8-16-31(27)37(33)38-32-17-9-10-18-36(32)49-41(38)39/h1-18,21-26H,19-20H2. The van der Waals surface area contributed by atoms with Gasteiger partial charge < -0.3 is 0 Å². The zero-order valence-corrected chi connectivity index (χ0v) is 27.3. The van der Waals surface area contributed by atoms with E-state index in [2.05, 4.69) is 108 Å². The maximum atomic E-state index is 5.28. The molecule has 1 fully saturated rings. The van der Waals surface area contributed by atoms with Gasteiger partial charge in [0.15, 0.2) is 11.6 Å². The van der Waals surface area contributed by atoms with E-state index in [0.29, 0.717) is 23.5 Å². The summed E-state index contributed by atoms with van der Waals surface area (Å²) >= 11 is 1.90. The number of rotatable bonds is 4. The third kappa shape index (κ3) is 4.06. The van der Waals surface area contributed by atoms with E-state index in [-0.39, 0.29) is 0 Å². The second kappa shape index (κ2) is 10.3. The fourth-order valence-corrected chi connectivity index (χ4v) is 9.05. The lowest BCUT2D eigenvalue weighted by molar-refractivity contribution is 0.955. The molecule has 49 heavy (non-hydrogen) atoms. The van der Waals surface area contributed by atoms with Gasteiger partial charge in [-0.3, -0.25) is 4.57 Å². The van der Waals surface area contributed by atoms with E-state index in [9.17, 15) is 0 Å². The first-order valence-electron chi connectivity index (χ1n) is 16.9. The van der Waals surface area contributed by atoms with Gasteiger partial charge in [0.25, 0.3) is 0 Å². The van der Waals surface area contributed by atoms with Crippen LogP contribution in [-0.4, -0.2) is 19.5 Å². The Kier molecular flexibility index (Phi) is 5.69. The molecule has 4 nitrogen and oxygen atoms in total. The molecule has 0 bridgehead atoms. The largest absolute Gasteiger partial charge is 0.277 e. The number of aromatic nitrogens is 4. The Labute approximate surface area is 286 Å². The molecule has 1 aliphatic carbocycles. The van der Waals surface area contributed by atoms with E-state index in [1.165, 1.54) is 70.9 Å². The molecule has 3 aromatic heterocycles. The summed E-state index contributed by atoms with van der Waals surface area (Å²) in [5, 5.41) is 10.2. The molecule has 1 saturated carbocycles. The number of benzene rings is 7. The van der Waals surface area contributed by atoms with Crippen LogP contribution in [-0.2, 0) is 0 Å². The van der Waals surface area contributed by atoms with E-state index in [1.807, 2.05) is 47.7 Å². The van der Waals surface area contributed by atoms with Crippen molar-refractivity contribution in [1.82, 2.24) is 19.5 Å². The summed E-state index contributed by atoms with van der Waals surface area (Å²) in [6.07, 6.45) is 2.51. The highest BCUT2D eigenvalue weighted by atomic mass is 32.1. The van der Waals surface area contributed by atoms with Crippen molar-refractivity contribution >= 4 is 74.9 Å². The van der Waals surface area contributed by atoms with E-state index in [1.54, 1.807) is 0 Å². The molecule has 0 N–H and O–H groups in total. The summed E-state index contributed by atoms with van der Waals surface area (Å²) in [6.45, 7) is 0. The average Bonchev–Trinajstić information content (AvgIpc) is 3.87. The van der Waals surface area contributed by atoms with Crippen molar-refractivity contribution in [3.8, 4) is 28.7 Å². The minimum absolute atomic E-state index is 0.627. The van der Waals surface area contributed by atoms with Crippen molar-refractivity contribution in [3.63, 3.8) is 0 Å². The molecule has 0 amide bonds. The van der Waals surface area contributed by atoms with Crippen molar-refractivity contribution in [2.45, 2.75) is 18.8 Å². The smallest absolute Gasteiger partial charge is 0.238 e. The summed E-state index contributed by atoms with van der Waals surface area (Å²) in [7, 11) is 0. The lowest BCUT2D eigenvalue weighted by Crippen LogP contribution is -2.06. The van der Waals surface area contributed by atoms with Gasteiger partial charge in [-0.25, -0.2) is 4.98 Å². The highest BCUT2D eigenvalue weighted by Gasteiger charge is 2.28. The maximum Gasteiger partial charge on any atom is 0.238 e. The predicted octanol–water partition coefficient (Wildman–Crippen LogP) is 11.9. The molecule has 0 radical (unpaired) electrons. The predicted molar refractivity (Wildman–Crippen MR) is 205 cm³/mol. The third-order valence-corrected chi connectivity index (χ3v) is 11.4. The Morgan fingerprint density at radius 3 is 1.94 bits per heavy atom. The van der Waals surface area contributed by atoms with Crippen molar-refractivity contribution < 1.29 is 0 Å². The van der Waals surface area contributed by atoms with Crippen LogP contribution in [0.25, 0.3) is 92.2 Å². The molecule has 0 spiro atoms. The molecule has 11 rings (SSSR count). The van der Waals surface area contributed by atoms with Gasteiger partial charge in [0.05, 0.1) is 11.0 Å². The normalized spacial score (nSPS) is 13.5. The summed E-state index contributed by atoms with van der Waals surface area (Å²) < 4.78 is 4.94. The fourth-order valence-electron chi connectivity index (χ4n) is 7.78. The van der Waals surface area contributed by atoms with Gasteiger partial charge in [-0.2, -0.15) is 9.97 Å². The zero-order valence-electron chi connectivity index (χ0n) is 26.5. The number of hydrogen-bond acceptors (Lipinski definition) is 4. The summed E-state index contributed by atoms with van der Waals surface area (Å²) in [6, 6.07) is 49.9. The minimum atomic E-state index is 0.627. The SMILES string of the molecule is c1ccc(-c2nc(-c3ccccc3)nc(-n3c4ccc(C5CC5)cc4c4c5sc6ccccc6c5c5c6ccccc6ccc5c43)n2)cc1. The van der Waals surface area contributed by atoms with Crippen molar-refractivity contribution in [1.29, 1.82) is 0 Å². The molecular formula is C44H28N4S. The zero-order chi connectivity index (χ0) is 32.1. The topological polar surface area (TPSA) is 43.6 Å². The Bertz CT molecular complexity index is 2880. The van der Waals surface area contributed by atoms with Crippen molar-refractivity contribution in [2.24, 2.45) is 0 Å². The first-order valence-corrected chi connectivity index (χ1v) is 17.7. The van der Waals surface area contributed by atoms with Crippen LogP contribution in [0.2, 0.25) is 0 Å². The molecule has 3 heterocycles. The monoisotopic (exact) mass is 644 g/mol. The van der Waals surface area contributed by atoms with E-state index in [4.69, 9.17) is 15.0 Å². The van der Waals surface area contributed by atoms with Gasteiger partial charge in [0, 0.05) is 52.8 Å². The highest BCUT2D eigenvalue weighted by Crippen LogP contribution is 2.50. The fraction of sp³-hybridized carbons (Fsp3) is 0.0682. The van der Waals surface area contributed by atoms with Gasteiger partial charge in [-0.05, 0) is 53.3 Å².